The van der Waals surface area contributed by atoms with Gasteiger partial charge in [0.05, 0.1) is 0 Å². The molecule has 0 aliphatic heterocycles. The third kappa shape index (κ3) is 11.8. The highest BCUT2D eigenvalue weighted by Gasteiger charge is 2.44. The Morgan fingerprint density at radius 2 is 1.13 bits per heavy atom. The minimum atomic E-state index is -2.29. The molecule has 0 amide bonds. The van der Waals surface area contributed by atoms with Gasteiger partial charge in [-0.05, 0) is 90.4 Å². The van der Waals surface area contributed by atoms with Crippen molar-refractivity contribution < 1.29 is 12.3 Å². The largest absolute Gasteiger partial charge is 0.437 e. The molecular formula is C14H40N2O3Si4. The van der Waals surface area contributed by atoms with Crippen LogP contribution < -0.4 is 11.5 Å². The van der Waals surface area contributed by atoms with Gasteiger partial charge in [-0.2, -0.15) is 0 Å². The van der Waals surface area contributed by atoms with Gasteiger partial charge in [-0.3, -0.25) is 0 Å². The van der Waals surface area contributed by atoms with Gasteiger partial charge in [-0.25, -0.2) is 0 Å². The van der Waals surface area contributed by atoms with Crippen LogP contribution in [0.25, 0.3) is 0 Å². The maximum atomic E-state index is 6.69. The fourth-order valence-electron chi connectivity index (χ4n) is 2.99. The Labute approximate surface area is 148 Å². The number of rotatable bonds is 12. The first-order valence-corrected chi connectivity index (χ1v) is 20.6. The highest BCUT2D eigenvalue weighted by molar-refractivity contribution is 6.89. The molecule has 0 aliphatic carbocycles. The van der Waals surface area contributed by atoms with Crippen LogP contribution >= 0.6 is 0 Å². The number of hydrogen-bond acceptors (Lipinski definition) is 5. The van der Waals surface area contributed by atoms with E-state index in [9.17, 15) is 0 Å². The first-order valence-electron chi connectivity index (χ1n) is 8.75. The standard InChI is InChI=1S/C14H40N2O3Si4/c1-20(2,3)17-22(6,7)19-23(8,14-10-12-16)18-21(4,5)13-9-11-15/h9-16H2,1-8H3. The van der Waals surface area contributed by atoms with E-state index < -0.39 is 33.8 Å². The van der Waals surface area contributed by atoms with Crippen LogP contribution in [-0.2, 0) is 12.3 Å². The highest BCUT2D eigenvalue weighted by atomic mass is 28.5. The Balaban J connectivity index is 5.08. The number of hydrogen-bond donors (Lipinski definition) is 2. The zero-order valence-corrected chi connectivity index (χ0v) is 20.6. The second kappa shape index (κ2) is 9.39. The minimum Gasteiger partial charge on any atom is -0.437 e. The first-order chi connectivity index (χ1) is 10.2. The van der Waals surface area contributed by atoms with Crippen molar-refractivity contribution in [2.75, 3.05) is 13.1 Å². The molecule has 0 bridgehead atoms. The molecule has 140 valence electrons. The Hall–Kier alpha value is 0.668. The molecular weight excluding hydrogens is 357 g/mol. The van der Waals surface area contributed by atoms with Crippen molar-refractivity contribution in [3.8, 4) is 0 Å². The molecule has 0 heterocycles. The van der Waals surface area contributed by atoms with E-state index in [0.717, 1.165) is 31.5 Å². The van der Waals surface area contributed by atoms with Crippen molar-refractivity contribution in [1.82, 2.24) is 0 Å². The van der Waals surface area contributed by atoms with E-state index in [4.69, 9.17) is 23.8 Å². The van der Waals surface area contributed by atoms with Crippen molar-refractivity contribution in [2.45, 2.75) is 77.3 Å². The summed E-state index contributed by atoms with van der Waals surface area (Å²) in [5.74, 6) is 0. The van der Waals surface area contributed by atoms with E-state index in [1.807, 2.05) is 0 Å². The summed E-state index contributed by atoms with van der Waals surface area (Å²) in [5, 5.41) is 0. The van der Waals surface area contributed by atoms with Crippen molar-refractivity contribution >= 4 is 33.8 Å². The summed E-state index contributed by atoms with van der Waals surface area (Å²) in [4.78, 5) is 0. The van der Waals surface area contributed by atoms with Gasteiger partial charge >= 0.3 is 17.1 Å². The van der Waals surface area contributed by atoms with Crippen LogP contribution in [0.4, 0.5) is 0 Å². The van der Waals surface area contributed by atoms with Crippen molar-refractivity contribution in [2.24, 2.45) is 11.5 Å². The summed E-state index contributed by atoms with van der Waals surface area (Å²) in [7, 11) is -7.90. The van der Waals surface area contributed by atoms with Crippen LogP contribution in [0.3, 0.4) is 0 Å². The fourth-order valence-corrected chi connectivity index (χ4v) is 21.9. The predicted molar refractivity (Wildman–Crippen MR) is 110 cm³/mol. The van der Waals surface area contributed by atoms with E-state index >= 15 is 0 Å². The zero-order chi connectivity index (χ0) is 18.4. The van der Waals surface area contributed by atoms with Gasteiger partial charge in [0.15, 0.2) is 16.6 Å². The molecule has 5 nitrogen and oxygen atoms in total. The van der Waals surface area contributed by atoms with E-state index in [1.54, 1.807) is 0 Å². The average molecular weight is 397 g/mol. The first kappa shape index (κ1) is 23.7. The highest BCUT2D eigenvalue weighted by Crippen LogP contribution is 2.29. The molecule has 0 spiro atoms. The molecule has 0 aromatic rings. The molecule has 23 heavy (non-hydrogen) atoms. The monoisotopic (exact) mass is 396 g/mol. The molecule has 1 unspecified atom stereocenters. The van der Waals surface area contributed by atoms with Crippen LogP contribution in [0.15, 0.2) is 0 Å². The molecule has 0 saturated heterocycles. The van der Waals surface area contributed by atoms with Crippen LogP contribution in [0.2, 0.25) is 64.5 Å². The summed E-state index contributed by atoms with van der Waals surface area (Å²) < 4.78 is 19.7. The Bertz CT molecular complexity index is 351. The van der Waals surface area contributed by atoms with Crippen LogP contribution in [-0.4, -0.2) is 46.8 Å². The van der Waals surface area contributed by atoms with Gasteiger partial charge in [-0.1, -0.05) is 0 Å². The van der Waals surface area contributed by atoms with Gasteiger partial charge in [0.1, 0.15) is 0 Å². The van der Waals surface area contributed by atoms with Crippen LogP contribution in [0.5, 0.6) is 0 Å². The second-order valence-corrected chi connectivity index (χ2v) is 24.8. The van der Waals surface area contributed by atoms with E-state index in [1.165, 1.54) is 0 Å². The maximum Gasteiger partial charge on any atom is 0.315 e. The molecule has 0 aromatic heterocycles. The Morgan fingerprint density at radius 1 is 0.652 bits per heavy atom. The second-order valence-electron chi connectivity index (χ2n) is 8.50. The van der Waals surface area contributed by atoms with E-state index in [-0.39, 0.29) is 0 Å². The number of nitrogens with two attached hydrogens (primary N) is 2. The SMILES string of the molecule is C[Si](C)(C)O[Si](C)(C)O[Si](C)(CCCN)O[Si](C)(C)CCCN. The molecule has 0 aromatic carbocycles. The van der Waals surface area contributed by atoms with Crippen molar-refractivity contribution in [3.63, 3.8) is 0 Å². The lowest BCUT2D eigenvalue weighted by Crippen LogP contribution is -2.57. The fraction of sp³-hybridized carbons (Fsp3) is 1.00. The molecule has 1 atom stereocenters. The average Bonchev–Trinajstić information content (AvgIpc) is 2.29. The molecule has 0 aliphatic rings. The third-order valence-corrected chi connectivity index (χ3v) is 18.2. The van der Waals surface area contributed by atoms with Gasteiger partial charge in [0.2, 0.25) is 0 Å². The lowest BCUT2D eigenvalue weighted by Gasteiger charge is -2.42. The smallest absolute Gasteiger partial charge is 0.315 e. The van der Waals surface area contributed by atoms with Crippen LogP contribution in [0.1, 0.15) is 12.8 Å². The summed E-state index contributed by atoms with van der Waals surface area (Å²) >= 11 is 0. The quantitative estimate of drug-likeness (QED) is 0.493. The van der Waals surface area contributed by atoms with Gasteiger partial charge in [-0.15, -0.1) is 0 Å². The molecule has 0 saturated carbocycles. The topological polar surface area (TPSA) is 79.7 Å². The molecule has 9 heteroatoms. The van der Waals surface area contributed by atoms with E-state index in [0.29, 0.717) is 6.54 Å². The third-order valence-electron chi connectivity index (χ3n) is 3.32. The summed E-state index contributed by atoms with van der Waals surface area (Å²) in [6.45, 7) is 19.1. The molecule has 4 N–H and O–H groups in total. The Kier molecular flexibility index (Phi) is 9.66. The minimum absolute atomic E-state index is 0.678. The van der Waals surface area contributed by atoms with Gasteiger partial charge < -0.3 is 23.8 Å². The van der Waals surface area contributed by atoms with E-state index in [2.05, 4.69) is 52.4 Å². The lowest BCUT2D eigenvalue weighted by atomic mass is 10.5. The summed E-state index contributed by atoms with van der Waals surface area (Å²) in [5.41, 5.74) is 11.4. The summed E-state index contributed by atoms with van der Waals surface area (Å²) in [6.07, 6.45) is 1.97. The normalized spacial score (nSPS) is 16.4. The van der Waals surface area contributed by atoms with Gasteiger partial charge in [0.25, 0.3) is 0 Å². The van der Waals surface area contributed by atoms with Crippen molar-refractivity contribution in [1.29, 1.82) is 0 Å². The zero-order valence-electron chi connectivity index (χ0n) is 16.6. The Morgan fingerprint density at radius 3 is 1.57 bits per heavy atom. The molecule has 0 fully saturated rings. The lowest BCUT2D eigenvalue weighted by molar-refractivity contribution is 0.321. The predicted octanol–water partition coefficient (Wildman–Crippen LogP) is 3.55. The van der Waals surface area contributed by atoms with Gasteiger partial charge in [0, 0.05) is 0 Å². The molecule has 0 radical (unpaired) electrons. The van der Waals surface area contributed by atoms with Crippen LogP contribution in [0, 0.1) is 0 Å². The van der Waals surface area contributed by atoms with Crippen molar-refractivity contribution in [3.05, 3.63) is 0 Å². The maximum absolute atomic E-state index is 6.69. The molecule has 0 rings (SSSR count). The summed E-state index contributed by atoms with van der Waals surface area (Å²) in [6, 6.07) is 2.02.